The van der Waals surface area contributed by atoms with E-state index in [9.17, 15) is 9.18 Å². The maximum absolute atomic E-state index is 14.8. The third kappa shape index (κ3) is 5.97. The van der Waals surface area contributed by atoms with Gasteiger partial charge >= 0.3 is 0 Å². The van der Waals surface area contributed by atoms with Crippen molar-refractivity contribution in [2.75, 3.05) is 55.9 Å². The summed E-state index contributed by atoms with van der Waals surface area (Å²) in [6.45, 7) is 4.83. The summed E-state index contributed by atoms with van der Waals surface area (Å²) in [7, 11) is 6.24. The van der Waals surface area contributed by atoms with Gasteiger partial charge in [0.05, 0.1) is 5.69 Å². The van der Waals surface area contributed by atoms with Crippen LogP contribution in [-0.2, 0) is 0 Å². The van der Waals surface area contributed by atoms with Crippen molar-refractivity contribution in [1.29, 1.82) is 0 Å². The molecule has 1 heterocycles. The molecular formula is C25H35FN4O. The summed E-state index contributed by atoms with van der Waals surface area (Å²) >= 11 is 0. The fourth-order valence-electron chi connectivity index (χ4n) is 4.06. The van der Waals surface area contributed by atoms with E-state index in [0.29, 0.717) is 23.0 Å². The Morgan fingerprint density at radius 1 is 1.10 bits per heavy atom. The number of hydrogen-bond acceptors (Lipinski definition) is 4. The molecule has 1 amide bonds. The third-order valence-electron chi connectivity index (χ3n) is 6.16. The average Bonchev–Trinajstić information content (AvgIpc) is 2.77. The highest BCUT2D eigenvalue weighted by molar-refractivity contribution is 6.04. The van der Waals surface area contributed by atoms with Gasteiger partial charge in [0.1, 0.15) is 5.82 Å². The number of piperidine rings is 1. The van der Waals surface area contributed by atoms with Crippen LogP contribution in [0.2, 0.25) is 0 Å². The largest absolute Gasteiger partial charge is 0.375 e. The highest BCUT2D eigenvalue weighted by Crippen LogP contribution is 2.27. The van der Waals surface area contributed by atoms with Crippen molar-refractivity contribution < 1.29 is 9.18 Å². The quantitative estimate of drug-likeness (QED) is 0.655. The number of rotatable bonds is 8. The Morgan fingerprint density at radius 2 is 1.77 bits per heavy atom. The zero-order valence-corrected chi connectivity index (χ0v) is 19.2. The van der Waals surface area contributed by atoms with Gasteiger partial charge in [-0.2, -0.15) is 0 Å². The number of carbonyl (C=O) groups excluding carboxylic acids is 1. The van der Waals surface area contributed by atoms with Gasteiger partial charge in [-0.1, -0.05) is 13.3 Å². The average molecular weight is 427 g/mol. The van der Waals surface area contributed by atoms with Crippen LogP contribution >= 0.6 is 0 Å². The second-order valence-corrected chi connectivity index (χ2v) is 8.62. The van der Waals surface area contributed by atoms with Gasteiger partial charge in [-0.05, 0) is 75.8 Å². The minimum atomic E-state index is -0.297. The van der Waals surface area contributed by atoms with Gasteiger partial charge in [-0.3, -0.25) is 4.79 Å². The molecule has 0 bridgehead atoms. The van der Waals surface area contributed by atoms with Gasteiger partial charge in [0.25, 0.3) is 5.91 Å². The minimum absolute atomic E-state index is 0.235. The maximum Gasteiger partial charge on any atom is 0.255 e. The summed E-state index contributed by atoms with van der Waals surface area (Å²) in [5, 5.41) is 2.82. The normalized spacial score (nSPS) is 14.7. The van der Waals surface area contributed by atoms with E-state index in [0.717, 1.165) is 51.0 Å². The van der Waals surface area contributed by atoms with Crippen molar-refractivity contribution in [3.8, 4) is 0 Å². The molecule has 2 aromatic rings. The van der Waals surface area contributed by atoms with Gasteiger partial charge in [-0.15, -0.1) is 0 Å². The Balaban J connectivity index is 1.60. The van der Waals surface area contributed by atoms with E-state index in [4.69, 9.17) is 0 Å². The second kappa shape index (κ2) is 10.6. The number of benzene rings is 2. The molecule has 1 saturated heterocycles. The van der Waals surface area contributed by atoms with E-state index in [2.05, 4.69) is 48.1 Å². The van der Waals surface area contributed by atoms with Crippen LogP contribution in [0.3, 0.4) is 0 Å². The molecule has 5 nitrogen and oxygen atoms in total. The molecule has 0 radical (unpaired) electrons. The highest BCUT2D eigenvalue weighted by atomic mass is 19.1. The second-order valence-electron chi connectivity index (χ2n) is 8.62. The van der Waals surface area contributed by atoms with Crippen molar-refractivity contribution in [1.82, 2.24) is 4.90 Å². The van der Waals surface area contributed by atoms with Gasteiger partial charge in [0.15, 0.2) is 0 Å². The Hall–Kier alpha value is -2.60. The van der Waals surface area contributed by atoms with Crippen molar-refractivity contribution in [2.24, 2.45) is 0 Å². The van der Waals surface area contributed by atoms with Crippen LogP contribution in [0.4, 0.5) is 21.5 Å². The van der Waals surface area contributed by atoms with E-state index in [-0.39, 0.29) is 11.7 Å². The molecular weight excluding hydrogens is 391 g/mol. The zero-order valence-electron chi connectivity index (χ0n) is 19.2. The molecule has 3 rings (SSSR count). The first-order chi connectivity index (χ1) is 14.9. The molecule has 1 N–H and O–H groups in total. The molecule has 1 fully saturated rings. The minimum Gasteiger partial charge on any atom is -0.375 e. The van der Waals surface area contributed by atoms with Gasteiger partial charge in [0, 0.05) is 49.7 Å². The lowest BCUT2D eigenvalue weighted by atomic mass is 10.0. The molecule has 2 aromatic carbocycles. The molecule has 31 heavy (non-hydrogen) atoms. The Bertz CT molecular complexity index is 860. The zero-order chi connectivity index (χ0) is 22.4. The van der Waals surface area contributed by atoms with Crippen LogP contribution in [0.15, 0.2) is 42.5 Å². The Kier molecular flexibility index (Phi) is 7.91. The summed E-state index contributed by atoms with van der Waals surface area (Å²) in [6.07, 6.45) is 4.33. The lowest BCUT2D eigenvalue weighted by molar-refractivity contribution is 0.102. The van der Waals surface area contributed by atoms with Crippen LogP contribution in [-0.4, -0.2) is 57.6 Å². The first kappa shape index (κ1) is 23.1. The molecule has 0 atom stereocenters. The Morgan fingerprint density at radius 3 is 2.35 bits per heavy atom. The monoisotopic (exact) mass is 426 g/mol. The lowest BCUT2D eigenvalue weighted by Crippen LogP contribution is -2.42. The fourth-order valence-corrected chi connectivity index (χ4v) is 4.06. The number of anilines is 3. The smallest absolute Gasteiger partial charge is 0.255 e. The summed E-state index contributed by atoms with van der Waals surface area (Å²) < 4.78 is 14.8. The number of unbranched alkanes of at least 4 members (excludes halogenated alkanes) is 1. The number of nitrogens with one attached hydrogen (secondary N) is 1. The van der Waals surface area contributed by atoms with Crippen molar-refractivity contribution in [3.63, 3.8) is 0 Å². The SMILES string of the molecule is CCCCN(C)c1ccc(C(=O)Nc2ccc(N3CCC(N(C)C)CC3)c(F)c2)cc1. The van der Waals surface area contributed by atoms with E-state index in [1.165, 1.54) is 6.07 Å². The topological polar surface area (TPSA) is 38.8 Å². The van der Waals surface area contributed by atoms with Crippen LogP contribution in [0, 0.1) is 5.82 Å². The van der Waals surface area contributed by atoms with E-state index < -0.39 is 0 Å². The third-order valence-corrected chi connectivity index (χ3v) is 6.16. The molecule has 0 saturated carbocycles. The fraction of sp³-hybridized carbons (Fsp3) is 0.480. The van der Waals surface area contributed by atoms with Gasteiger partial charge < -0.3 is 20.0 Å². The summed E-state index contributed by atoms with van der Waals surface area (Å²) in [6, 6.07) is 13.0. The first-order valence-corrected chi connectivity index (χ1v) is 11.2. The maximum atomic E-state index is 14.8. The molecule has 0 aliphatic carbocycles. The van der Waals surface area contributed by atoms with Crippen LogP contribution in [0.5, 0.6) is 0 Å². The van der Waals surface area contributed by atoms with Crippen molar-refractivity contribution in [2.45, 2.75) is 38.6 Å². The number of amides is 1. The molecule has 0 aromatic heterocycles. The van der Waals surface area contributed by atoms with Crippen LogP contribution < -0.4 is 15.1 Å². The van der Waals surface area contributed by atoms with Crippen LogP contribution in [0.25, 0.3) is 0 Å². The van der Waals surface area contributed by atoms with Gasteiger partial charge in [0.2, 0.25) is 0 Å². The van der Waals surface area contributed by atoms with E-state index in [1.807, 2.05) is 24.3 Å². The molecule has 0 spiro atoms. The number of halogens is 1. The first-order valence-electron chi connectivity index (χ1n) is 11.2. The van der Waals surface area contributed by atoms with Crippen molar-refractivity contribution in [3.05, 3.63) is 53.8 Å². The summed E-state index contributed by atoms with van der Waals surface area (Å²) in [5.74, 6) is -0.532. The summed E-state index contributed by atoms with van der Waals surface area (Å²) in [4.78, 5) is 19.1. The number of nitrogens with zero attached hydrogens (tertiary/aromatic N) is 3. The lowest BCUT2D eigenvalue weighted by Gasteiger charge is -2.36. The van der Waals surface area contributed by atoms with Crippen molar-refractivity contribution >= 4 is 23.0 Å². The van der Waals surface area contributed by atoms with Crippen LogP contribution in [0.1, 0.15) is 43.0 Å². The summed E-state index contributed by atoms with van der Waals surface area (Å²) in [5.41, 5.74) is 2.72. The molecule has 1 aliphatic heterocycles. The molecule has 0 unspecified atom stereocenters. The number of hydrogen-bond donors (Lipinski definition) is 1. The molecule has 168 valence electrons. The van der Waals surface area contributed by atoms with E-state index >= 15 is 0 Å². The van der Waals surface area contributed by atoms with Gasteiger partial charge in [-0.25, -0.2) is 4.39 Å². The Labute approximate surface area is 185 Å². The van der Waals surface area contributed by atoms with E-state index in [1.54, 1.807) is 12.1 Å². The standard InChI is InChI=1S/C25H35FN4O/c1-5-6-15-29(4)22-10-7-19(8-11-22)25(31)27-20-9-12-24(23(26)18-20)30-16-13-21(14-17-30)28(2)3/h7-12,18,21H,5-6,13-17H2,1-4H3,(H,27,31). The number of carbonyl (C=O) groups is 1. The molecule has 1 aliphatic rings. The predicted octanol–water partition coefficient (Wildman–Crippen LogP) is 4.84. The predicted molar refractivity (Wildman–Crippen MR) is 128 cm³/mol. The molecule has 6 heteroatoms. The highest BCUT2D eigenvalue weighted by Gasteiger charge is 2.22.